The second-order valence-electron chi connectivity index (χ2n) is 11.8. The Labute approximate surface area is 247 Å². The summed E-state index contributed by atoms with van der Waals surface area (Å²) in [5, 5.41) is 6.58. The van der Waals surface area contributed by atoms with Gasteiger partial charge in [-0.2, -0.15) is 0 Å². The van der Waals surface area contributed by atoms with Gasteiger partial charge in [0, 0.05) is 40.4 Å². The number of carbonyl (C=O) groups excluding carboxylic acids is 2. The van der Waals surface area contributed by atoms with E-state index in [1.54, 1.807) is 6.07 Å². The van der Waals surface area contributed by atoms with Gasteiger partial charge >= 0.3 is 0 Å². The molecule has 1 aliphatic rings. The molecule has 0 fully saturated rings. The average Bonchev–Trinajstić information content (AvgIpc) is 3.19. The Bertz CT molecular complexity index is 1500. The summed E-state index contributed by atoms with van der Waals surface area (Å²) in [6.07, 6.45) is 0. The van der Waals surface area contributed by atoms with Crippen LogP contribution in [0.25, 0.3) is 11.0 Å². The molecule has 8 nitrogen and oxygen atoms in total. The maximum absolute atomic E-state index is 13.8. The van der Waals surface area contributed by atoms with Gasteiger partial charge in [-0.15, -0.1) is 0 Å². The monoisotopic (exact) mass is 577 g/mol. The smallest absolute Gasteiger partial charge is 0.250 e. The third-order valence-electron chi connectivity index (χ3n) is 6.95. The summed E-state index contributed by atoms with van der Waals surface area (Å²) in [5.41, 5.74) is 3.72. The molecule has 2 aromatic carbocycles. The predicted octanol–water partition coefficient (Wildman–Crippen LogP) is 5.58. The maximum Gasteiger partial charge on any atom is 0.250 e. The van der Waals surface area contributed by atoms with Crippen LogP contribution in [-0.2, 0) is 20.9 Å². The third kappa shape index (κ3) is 7.05. The van der Waals surface area contributed by atoms with Crippen molar-refractivity contribution in [1.82, 2.24) is 20.2 Å². The molecular weight excluding hydrogens is 538 g/mol. The highest BCUT2D eigenvalue weighted by Crippen LogP contribution is 2.42. The number of nitrogens with zero attached hydrogens (tertiary/aromatic N) is 3. The standard InChI is InChI=1S/C32H40ClN5O3/c1-19(2)34-30(39)29-25(18-41-17-16-38-21(4)36-24-14-10-11-15-26(24)38)35-20(3)27(31(40)37-32(5,6)7)28(29)22-12-8-9-13-23(22)33/h8-15,19,27-28H,16-18H2,1-7H3,(H,34,39)(H,37,40). The minimum atomic E-state index is -0.717. The largest absolute Gasteiger partial charge is 0.373 e. The zero-order valence-corrected chi connectivity index (χ0v) is 25.7. The molecule has 3 aromatic rings. The number of amides is 2. The van der Waals surface area contributed by atoms with Gasteiger partial charge in [0.25, 0.3) is 0 Å². The number of benzene rings is 2. The molecule has 0 bridgehead atoms. The Morgan fingerprint density at radius 1 is 1.07 bits per heavy atom. The van der Waals surface area contributed by atoms with Gasteiger partial charge in [-0.25, -0.2) is 4.98 Å². The summed E-state index contributed by atoms with van der Waals surface area (Å²) in [4.78, 5) is 37.0. The first-order valence-electron chi connectivity index (χ1n) is 14.0. The fraction of sp³-hybridized carbons (Fsp3) is 0.438. The lowest BCUT2D eigenvalue weighted by molar-refractivity contribution is -0.125. The van der Waals surface area contributed by atoms with E-state index < -0.39 is 17.4 Å². The summed E-state index contributed by atoms with van der Waals surface area (Å²) < 4.78 is 8.26. The molecule has 2 atom stereocenters. The molecule has 2 unspecified atom stereocenters. The zero-order chi connectivity index (χ0) is 29.9. The van der Waals surface area contributed by atoms with E-state index in [0.29, 0.717) is 40.7 Å². The van der Waals surface area contributed by atoms with Gasteiger partial charge in [0.05, 0.1) is 35.9 Å². The SMILES string of the molecule is CC1=NC(COCCn2c(C)nc3ccccc32)=C(C(=O)NC(C)C)C(c2ccccc2Cl)C1C(=O)NC(C)(C)C. The van der Waals surface area contributed by atoms with E-state index in [2.05, 4.69) is 20.2 Å². The van der Waals surface area contributed by atoms with Crippen molar-refractivity contribution in [1.29, 1.82) is 0 Å². The van der Waals surface area contributed by atoms with Gasteiger partial charge in [-0.05, 0) is 72.2 Å². The number of nitrogens with one attached hydrogen (secondary N) is 2. The van der Waals surface area contributed by atoms with Crippen molar-refractivity contribution in [2.24, 2.45) is 10.9 Å². The molecule has 2 N–H and O–H groups in total. The highest BCUT2D eigenvalue weighted by molar-refractivity contribution is 6.31. The van der Waals surface area contributed by atoms with E-state index >= 15 is 0 Å². The summed E-state index contributed by atoms with van der Waals surface area (Å²) in [5.74, 6) is -0.943. The van der Waals surface area contributed by atoms with Crippen LogP contribution in [0.5, 0.6) is 0 Å². The maximum atomic E-state index is 13.8. The van der Waals surface area contributed by atoms with Gasteiger partial charge in [0.2, 0.25) is 11.8 Å². The van der Waals surface area contributed by atoms with Crippen LogP contribution in [-0.4, -0.2) is 51.9 Å². The molecule has 0 radical (unpaired) electrons. The number of hydrogen-bond donors (Lipinski definition) is 2. The molecule has 0 saturated carbocycles. The van der Waals surface area contributed by atoms with Crippen molar-refractivity contribution in [3.05, 3.63) is 76.2 Å². The molecule has 1 aromatic heterocycles. The Hall–Kier alpha value is -3.49. The van der Waals surface area contributed by atoms with Crippen LogP contribution in [0.15, 0.2) is 64.8 Å². The van der Waals surface area contributed by atoms with Crippen LogP contribution in [0.1, 0.15) is 58.8 Å². The van der Waals surface area contributed by atoms with E-state index in [-0.39, 0.29) is 24.5 Å². The quantitative estimate of drug-likeness (QED) is 0.324. The number of aliphatic imine (C=N–C) groups is 1. The number of carbonyl (C=O) groups is 2. The van der Waals surface area contributed by atoms with Crippen molar-refractivity contribution in [3.63, 3.8) is 0 Å². The van der Waals surface area contributed by atoms with Crippen LogP contribution >= 0.6 is 11.6 Å². The molecule has 1 aliphatic heterocycles. The summed E-state index contributed by atoms with van der Waals surface area (Å²) >= 11 is 6.71. The number of aromatic nitrogens is 2. The van der Waals surface area contributed by atoms with Crippen LogP contribution in [0.2, 0.25) is 5.02 Å². The van der Waals surface area contributed by atoms with Gasteiger partial charge in [-0.1, -0.05) is 41.9 Å². The van der Waals surface area contributed by atoms with Crippen molar-refractivity contribution >= 4 is 40.2 Å². The molecule has 0 spiro atoms. The van der Waals surface area contributed by atoms with E-state index in [0.717, 1.165) is 16.9 Å². The number of aryl methyl sites for hydroxylation is 1. The first-order chi connectivity index (χ1) is 19.4. The minimum Gasteiger partial charge on any atom is -0.373 e. The molecule has 0 saturated heterocycles. The topological polar surface area (TPSA) is 97.6 Å². The van der Waals surface area contributed by atoms with Crippen molar-refractivity contribution < 1.29 is 14.3 Å². The number of fused-ring (bicyclic) bond motifs is 1. The first-order valence-corrected chi connectivity index (χ1v) is 14.4. The number of rotatable bonds is 9. The van der Waals surface area contributed by atoms with Gasteiger partial charge < -0.3 is 19.9 Å². The van der Waals surface area contributed by atoms with E-state index in [9.17, 15) is 9.59 Å². The lowest BCUT2D eigenvalue weighted by atomic mass is 9.74. The number of ether oxygens (including phenoxy) is 1. The Kier molecular flexibility index (Phi) is 9.34. The van der Waals surface area contributed by atoms with Gasteiger partial charge in [0.1, 0.15) is 5.82 Å². The molecule has 218 valence electrons. The van der Waals surface area contributed by atoms with E-state index in [1.807, 2.05) is 90.9 Å². The number of halogens is 1. The molecule has 9 heteroatoms. The first kappa shape index (κ1) is 30.5. The fourth-order valence-electron chi connectivity index (χ4n) is 5.31. The molecule has 2 amide bonds. The lowest BCUT2D eigenvalue weighted by Gasteiger charge is -2.35. The van der Waals surface area contributed by atoms with Crippen molar-refractivity contribution in [3.8, 4) is 0 Å². The number of hydrogen-bond acceptors (Lipinski definition) is 5. The van der Waals surface area contributed by atoms with Crippen LogP contribution in [0.4, 0.5) is 0 Å². The molecular formula is C32H40ClN5O3. The summed E-state index contributed by atoms with van der Waals surface area (Å²) in [7, 11) is 0. The average molecular weight is 578 g/mol. The Morgan fingerprint density at radius 2 is 1.76 bits per heavy atom. The highest BCUT2D eigenvalue weighted by Gasteiger charge is 2.43. The molecule has 4 rings (SSSR count). The Balaban J connectivity index is 1.70. The van der Waals surface area contributed by atoms with Crippen LogP contribution < -0.4 is 10.6 Å². The van der Waals surface area contributed by atoms with E-state index in [4.69, 9.17) is 21.3 Å². The third-order valence-corrected chi connectivity index (χ3v) is 7.29. The number of imidazole rings is 1. The van der Waals surface area contributed by atoms with Crippen molar-refractivity contribution in [2.75, 3.05) is 13.2 Å². The number of para-hydroxylation sites is 2. The van der Waals surface area contributed by atoms with Crippen molar-refractivity contribution in [2.45, 2.75) is 72.5 Å². The summed E-state index contributed by atoms with van der Waals surface area (Å²) in [6.45, 7) is 14.5. The normalized spacial score (nSPS) is 17.6. The lowest BCUT2D eigenvalue weighted by Crippen LogP contribution is -2.49. The van der Waals surface area contributed by atoms with E-state index in [1.165, 1.54) is 0 Å². The molecule has 41 heavy (non-hydrogen) atoms. The molecule has 2 heterocycles. The van der Waals surface area contributed by atoms with Gasteiger partial charge in [-0.3, -0.25) is 14.6 Å². The second kappa shape index (κ2) is 12.6. The summed E-state index contributed by atoms with van der Waals surface area (Å²) in [6, 6.07) is 15.2. The minimum absolute atomic E-state index is 0.110. The molecule has 0 aliphatic carbocycles. The predicted molar refractivity (Wildman–Crippen MR) is 164 cm³/mol. The van der Waals surface area contributed by atoms with Crippen LogP contribution in [0, 0.1) is 12.8 Å². The Morgan fingerprint density at radius 3 is 2.44 bits per heavy atom. The van der Waals surface area contributed by atoms with Crippen LogP contribution in [0.3, 0.4) is 0 Å². The fourth-order valence-corrected chi connectivity index (χ4v) is 5.56. The van der Waals surface area contributed by atoms with Gasteiger partial charge in [0.15, 0.2) is 0 Å². The highest BCUT2D eigenvalue weighted by atomic mass is 35.5. The zero-order valence-electron chi connectivity index (χ0n) is 24.9. The second-order valence-corrected chi connectivity index (χ2v) is 12.2.